The Morgan fingerprint density at radius 1 is 1.56 bits per heavy atom. The number of nitrogens with zero attached hydrogens (tertiary/aromatic N) is 1. The van der Waals surface area contributed by atoms with Crippen LogP contribution in [-0.4, -0.2) is 56.4 Å². The van der Waals surface area contributed by atoms with E-state index in [-0.39, 0.29) is 18.2 Å². The number of morpholine rings is 1. The van der Waals surface area contributed by atoms with Gasteiger partial charge in [0.25, 0.3) is 0 Å². The molecule has 2 amide bonds. The number of likely N-dealkylation sites (N-methyl/N-ethyl adjacent to an activating group) is 1. The first-order valence-corrected chi connectivity index (χ1v) is 5.92. The van der Waals surface area contributed by atoms with Gasteiger partial charge in [0.15, 0.2) is 0 Å². The first-order chi connectivity index (χ1) is 7.58. The van der Waals surface area contributed by atoms with E-state index in [0.717, 1.165) is 26.1 Å². The molecule has 2 N–H and O–H groups in total. The zero-order chi connectivity index (χ0) is 12.0. The number of rotatable bonds is 4. The van der Waals surface area contributed by atoms with E-state index in [1.165, 1.54) is 0 Å². The molecular weight excluding hydrogens is 206 g/mol. The van der Waals surface area contributed by atoms with Gasteiger partial charge in [-0.15, -0.1) is 0 Å². The zero-order valence-corrected chi connectivity index (χ0v) is 10.5. The maximum atomic E-state index is 11.3. The average molecular weight is 229 g/mol. The lowest BCUT2D eigenvalue weighted by molar-refractivity contribution is -0.0224. The predicted molar refractivity (Wildman–Crippen MR) is 63.5 cm³/mol. The van der Waals surface area contributed by atoms with Crippen molar-refractivity contribution < 1.29 is 9.53 Å². The van der Waals surface area contributed by atoms with Crippen molar-refractivity contribution in [3.63, 3.8) is 0 Å². The average Bonchev–Trinajstić information content (AvgIpc) is 2.16. The van der Waals surface area contributed by atoms with E-state index in [1.54, 1.807) is 0 Å². The third kappa shape index (κ3) is 5.32. The number of hydrogen-bond acceptors (Lipinski definition) is 3. The van der Waals surface area contributed by atoms with Crippen LogP contribution < -0.4 is 10.6 Å². The summed E-state index contributed by atoms with van der Waals surface area (Å²) in [5, 5.41) is 5.62. The van der Waals surface area contributed by atoms with Crippen molar-refractivity contribution >= 4 is 6.03 Å². The van der Waals surface area contributed by atoms with Crippen LogP contribution in [0.4, 0.5) is 4.79 Å². The van der Waals surface area contributed by atoms with Crippen LogP contribution in [0, 0.1) is 0 Å². The van der Waals surface area contributed by atoms with Gasteiger partial charge in [-0.05, 0) is 27.3 Å². The zero-order valence-electron chi connectivity index (χ0n) is 10.5. The summed E-state index contributed by atoms with van der Waals surface area (Å²) in [7, 11) is 2.09. The van der Waals surface area contributed by atoms with Crippen LogP contribution >= 0.6 is 0 Å². The fourth-order valence-corrected chi connectivity index (χ4v) is 1.70. The van der Waals surface area contributed by atoms with E-state index in [2.05, 4.69) is 22.6 Å². The minimum atomic E-state index is -0.0980. The van der Waals surface area contributed by atoms with Crippen molar-refractivity contribution in [2.75, 3.05) is 33.3 Å². The Morgan fingerprint density at radius 2 is 2.31 bits per heavy atom. The molecular formula is C11H23N3O2. The van der Waals surface area contributed by atoms with Gasteiger partial charge in [-0.25, -0.2) is 4.79 Å². The number of urea groups is 1. The number of ether oxygens (including phenoxy) is 1. The summed E-state index contributed by atoms with van der Waals surface area (Å²) < 4.78 is 5.60. The molecule has 0 bridgehead atoms. The van der Waals surface area contributed by atoms with Crippen LogP contribution in [0.3, 0.4) is 0 Å². The molecule has 0 aromatic rings. The highest BCUT2D eigenvalue weighted by molar-refractivity contribution is 5.73. The van der Waals surface area contributed by atoms with E-state index in [1.807, 2.05) is 13.8 Å². The van der Waals surface area contributed by atoms with Crippen LogP contribution in [0.1, 0.15) is 20.3 Å². The van der Waals surface area contributed by atoms with Gasteiger partial charge in [0, 0.05) is 25.7 Å². The first kappa shape index (κ1) is 13.3. The number of nitrogens with one attached hydrogen (secondary N) is 2. The highest BCUT2D eigenvalue weighted by Gasteiger charge is 2.17. The molecule has 1 unspecified atom stereocenters. The summed E-state index contributed by atoms with van der Waals surface area (Å²) in [5.74, 6) is 0. The third-order valence-corrected chi connectivity index (χ3v) is 2.51. The van der Waals surface area contributed by atoms with Crippen molar-refractivity contribution in [3.05, 3.63) is 0 Å². The molecule has 0 aliphatic carbocycles. The standard InChI is InChI=1S/C11H23N3O2/c1-9(2)13-11(15)12-5-4-10-8-14(3)6-7-16-10/h9-10H,4-8H2,1-3H3,(H2,12,13,15). The smallest absolute Gasteiger partial charge is 0.314 e. The van der Waals surface area contributed by atoms with Crippen molar-refractivity contribution in [2.45, 2.75) is 32.4 Å². The van der Waals surface area contributed by atoms with Gasteiger partial charge in [-0.2, -0.15) is 0 Å². The Bertz CT molecular complexity index is 221. The maximum absolute atomic E-state index is 11.3. The van der Waals surface area contributed by atoms with E-state index < -0.39 is 0 Å². The molecule has 1 atom stereocenters. The highest BCUT2D eigenvalue weighted by Crippen LogP contribution is 2.05. The summed E-state index contributed by atoms with van der Waals surface area (Å²) in [6.45, 7) is 7.29. The molecule has 1 aliphatic heterocycles. The van der Waals surface area contributed by atoms with Gasteiger partial charge >= 0.3 is 6.03 Å². The monoisotopic (exact) mass is 229 g/mol. The maximum Gasteiger partial charge on any atom is 0.314 e. The van der Waals surface area contributed by atoms with Gasteiger partial charge in [0.1, 0.15) is 0 Å². The number of carbonyl (C=O) groups excluding carboxylic acids is 1. The van der Waals surface area contributed by atoms with E-state index in [0.29, 0.717) is 6.54 Å². The molecule has 0 aromatic carbocycles. The molecule has 94 valence electrons. The molecule has 1 saturated heterocycles. The minimum Gasteiger partial charge on any atom is -0.375 e. The summed E-state index contributed by atoms with van der Waals surface area (Å²) in [6.07, 6.45) is 1.12. The third-order valence-electron chi connectivity index (χ3n) is 2.51. The minimum absolute atomic E-state index is 0.0980. The molecule has 0 radical (unpaired) electrons. The first-order valence-electron chi connectivity index (χ1n) is 5.92. The van der Waals surface area contributed by atoms with Crippen LogP contribution in [0.25, 0.3) is 0 Å². The second kappa shape index (κ2) is 6.70. The van der Waals surface area contributed by atoms with Crippen LogP contribution in [-0.2, 0) is 4.74 Å². The van der Waals surface area contributed by atoms with Gasteiger partial charge in [-0.3, -0.25) is 0 Å². The number of carbonyl (C=O) groups is 1. The number of amides is 2. The summed E-state index contributed by atoms with van der Waals surface area (Å²) in [6, 6.07) is 0.0798. The molecule has 1 aliphatic rings. The van der Waals surface area contributed by atoms with E-state index in [4.69, 9.17) is 4.74 Å². The van der Waals surface area contributed by atoms with Gasteiger partial charge < -0.3 is 20.3 Å². The molecule has 1 heterocycles. The molecule has 1 fully saturated rings. The van der Waals surface area contributed by atoms with Crippen molar-refractivity contribution in [1.29, 1.82) is 0 Å². The molecule has 0 aromatic heterocycles. The topological polar surface area (TPSA) is 53.6 Å². The normalized spacial score (nSPS) is 22.1. The molecule has 5 heteroatoms. The summed E-state index contributed by atoms with van der Waals surface area (Å²) in [5.41, 5.74) is 0. The lowest BCUT2D eigenvalue weighted by Gasteiger charge is -2.30. The Hall–Kier alpha value is -0.810. The van der Waals surface area contributed by atoms with Crippen molar-refractivity contribution in [1.82, 2.24) is 15.5 Å². The Kier molecular flexibility index (Phi) is 5.55. The lowest BCUT2D eigenvalue weighted by Crippen LogP contribution is -2.43. The highest BCUT2D eigenvalue weighted by atomic mass is 16.5. The summed E-state index contributed by atoms with van der Waals surface area (Å²) in [4.78, 5) is 13.5. The molecule has 0 saturated carbocycles. The van der Waals surface area contributed by atoms with Crippen LogP contribution in [0.5, 0.6) is 0 Å². The van der Waals surface area contributed by atoms with Gasteiger partial charge in [0.05, 0.1) is 12.7 Å². The lowest BCUT2D eigenvalue weighted by atomic mass is 10.2. The molecule has 16 heavy (non-hydrogen) atoms. The second-order valence-electron chi connectivity index (χ2n) is 4.60. The van der Waals surface area contributed by atoms with E-state index >= 15 is 0 Å². The van der Waals surface area contributed by atoms with Gasteiger partial charge in [0.2, 0.25) is 0 Å². The van der Waals surface area contributed by atoms with Gasteiger partial charge in [-0.1, -0.05) is 0 Å². The second-order valence-corrected chi connectivity index (χ2v) is 4.60. The van der Waals surface area contributed by atoms with Crippen molar-refractivity contribution in [3.8, 4) is 0 Å². The SMILES string of the molecule is CC(C)NC(=O)NCCC1CN(C)CCO1. The molecule has 0 spiro atoms. The molecule has 5 nitrogen and oxygen atoms in total. The summed E-state index contributed by atoms with van der Waals surface area (Å²) >= 11 is 0. The Balaban J connectivity index is 2.08. The van der Waals surface area contributed by atoms with Crippen LogP contribution in [0.2, 0.25) is 0 Å². The fraction of sp³-hybridized carbons (Fsp3) is 0.909. The number of hydrogen-bond donors (Lipinski definition) is 2. The Morgan fingerprint density at radius 3 is 2.94 bits per heavy atom. The fourth-order valence-electron chi connectivity index (χ4n) is 1.70. The Labute approximate surface area is 97.5 Å². The van der Waals surface area contributed by atoms with Crippen molar-refractivity contribution in [2.24, 2.45) is 0 Å². The van der Waals surface area contributed by atoms with Crippen LogP contribution in [0.15, 0.2) is 0 Å². The van der Waals surface area contributed by atoms with E-state index in [9.17, 15) is 4.79 Å². The quantitative estimate of drug-likeness (QED) is 0.734. The predicted octanol–water partition coefficient (Wildman–Crippen LogP) is 0.415. The largest absolute Gasteiger partial charge is 0.375 e. The molecule has 1 rings (SSSR count).